The van der Waals surface area contributed by atoms with Gasteiger partial charge in [0, 0.05) is 53.0 Å². The number of allylic oxidation sites excluding steroid dienone is 5. The second-order valence-electron chi connectivity index (χ2n) is 12.9. The summed E-state index contributed by atoms with van der Waals surface area (Å²) in [5.41, 5.74) is 7.34. The van der Waals surface area contributed by atoms with Crippen LogP contribution in [-0.4, -0.2) is 24.1 Å². The van der Waals surface area contributed by atoms with Crippen LogP contribution in [0.1, 0.15) is 12.7 Å². The van der Waals surface area contributed by atoms with Crippen LogP contribution in [-0.2, 0) is 0 Å². The number of fused-ring (bicyclic) bond motifs is 12. The molecule has 0 atom stereocenters. The summed E-state index contributed by atoms with van der Waals surface area (Å²) in [5, 5.41) is 7.35. The minimum absolute atomic E-state index is 0.571. The van der Waals surface area contributed by atoms with Crippen molar-refractivity contribution in [3.63, 3.8) is 0 Å². The molecule has 4 heterocycles. The van der Waals surface area contributed by atoms with Crippen molar-refractivity contribution in [2.75, 3.05) is 0 Å². The Kier molecular flexibility index (Phi) is 6.98. The number of rotatable bonds is 6. The van der Waals surface area contributed by atoms with Gasteiger partial charge in [-0.15, -0.1) is 11.3 Å². The molecular formula is C46H31N5S. The molecule has 0 aliphatic rings. The normalized spacial score (nSPS) is 12.4. The molecular weight excluding hydrogens is 655 g/mol. The van der Waals surface area contributed by atoms with Gasteiger partial charge in [0.15, 0.2) is 11.6 Å². The van der Waals surface area contributed by atoms with E-state index in [4.69, 9.17) is 15.0 Å². The van der Waals surface area contributed by atoms with E-state index in [0.717, 1.165) is 44.3 Å². The minimum Gasteiger partial charge on any atom is -0.307 e. The lowest BCUT2D eigenvalue weighted by atomic mass is 10.0. The van der Waals surface area contributed by atoms with Crippen LogP contribution < -0.4 is 0 Å². The highest BCUT2D eigenvalue weighted by Gasteiger charge is 2.27. The van der Waals surface area contributed by atoms with Gasteiger partial charge in [-0.05, 0) is 42.8 Å². The molecule has 0 radical (unpaired) electrons. The van der Waals surface area contributed by atoms with E-state index in [0.29, 0.717) is 17.6 Å². The first-order valence-corrected chi connectivity index (χ1v) is 18.2. The van der Waals surface area contributed by atoms with Gasteiger partial charge in [-0.1, -0.05) is 134 Å². The third-order valence-corrected chi connectivity index (χ3v) is 11.1. The van der Waals surface area contributed by atoms with Crippen LogP contribution in [0.15, 0.2) is 164 Å². The Hall–Kier alpha value is -6.63. The third-order valence-electron chi connectivity index (χ3n) is 9.86. The maximum absolute atomic E-state index is 5.28. The van der Waals surface area contributed by atoms with Crippen molar-refractivity contribution in [2.24, 2.45) is 0 Å². The van der Waals surface area contributed by atoms with Crippen LogP contribution in [0, 0.1) is 0 Å². The summed E-state index contributed by atoms with van der Waals surface area (Å²) in [7, 11) is 0. The Labute approximate surface area is 303 Å². The van der Waals surface area contributed by atoms with Crippen molar-refractivity contribution in [3.05, 3.63) is 170 Å². The average Bonchev–Trinajstić information content (AvgIpc) is 3.86. The molecule has 0 spiro atoms. The predicted molar refractivity (Wildman–Crippen MR) is 220 cm³/mol. The molecule has 0 bridgehead atoms. The summed E-state index contributed by atoms with van der Waals surface area (Å²) < 4.78 is 7.24. The zero-order valence-corrected chi connectivity index (χ0v) is 29.2. The van der Waals surface area contributed by atoms with Crippen molar-refractivity contribution in [2.45, 2.75) is 6.92 Å². The molecule has 0 saturated heterocycles. The topological polar surface area (TPSA) is 48.5 Å². The largest absolute Gasteiger partial charge is 0.307 e. The lowest BCUT2D eigenvalue weighted by Crippen LogP contribution is -2.08. The molecule has 4 aromatic heterocycles. The van der Waals surface area contributed by atoms with E-state index < -0.39 is 0 Å². The van der Waals surface area contributed by atoms with E-state index in [1.165, 1.54) is 36.3 Å². The van der Waals surface area contributed by atoms with E-state index >= 15 is 0 Å². The first kappa shape index (κ1) is 30.2. The summed E-state index contributed by atoms with van der Waals surface area (Å²) in [6.45, 7) is 5.87. The second-order valence-corrected chi connectivity index (χ2v) is 14.0. The molecule has 0 saturated carbocycles. The molecule has 246 valence electrons. The van der Waals surface area contributed by atoms with E-state index in [2.05, 4.69) is 131 Å². The quantitative estimate of drug-likeness (QED) is 0.164. The van der Waals surface area contributed by atoms with Gasteiger partial charge in [0.1, 0.15) is 0 Å². The Bertz CT molecular complexity index is 3090. The highest BCUT2D eigenvalue weighted by Crippen LogP contribution is 2.51. The fourth-order valence-electron chi connectivity index (χ4n) is 7.64. The lowest BCUT2D eigenvalue weighted by molar-refractivity contribution is 0.930. The zero-order valence-electron chi connectivity index (χ0n) is 28.4. The first-order chi connectivity index (χ1) is 25.7. The number of para-hydroxylation sites is 3. The summed E-state index contributed by atoms with van der Waals surface area (Å²) >= 11 is 1.86. The number of thiophene rings is 1. The smallest absolute Gasteiger partial charge is 0.238 e. The fourth-order valence-corrected chi connectivity index (χ4v) is 8.91. The Balaban J connectivity index is 1.47. The average molecular weight is 686 g/mol. The van der Waals surface area contributed by atoms with Crippen LogP contribution in [0.3, 0.4) is 0 Å². The molecule has 0 aliphatic carbocycles. The van der Waals surface area contributed by atoms with Crippen LogP contribution in [0.5, 0.6) is 0 Å². The van der Waals surface area contributed by atoms with Crippen LogP contribution in [0.4, 0.5) is 0 Å². The van der Waals surface area contributed by atoms with E-state index in [-0.39, 0.29) is 0 Å². The van der Waals surface area contributed by atoms with Gasteiger partial charge in [-0.2, -0.15) is 9.97 Å². The first-order valence-electron chi connectivity index (χ1n) is 17.3. The molecule has 6 heteroatoms. The summed E-state index contributed by atoms with van der Waals surface area (Å²) in [6, 6.07) is 47.1. The van der Waals surface area contributed by atoms with E-state index in [1.54, 1.807) is 6.08 Å². The van der Waals surface area contributed by atoms with Gasteiger partial charge in [-0.3, -0.25) is 4.57 Å². The van der Waals surface area contributed by atoms with Gasteiger partial charge < -0.3 is 4.57 Å². The molecule has 0 fully saturated rings. The number of nitrogens with zero attached hydrogens (tertiary/aromatic N) is 5. The van der Waals surface area contributed by atoms with Crippen LogP contribution in [0.2, 0.25) is 0 Å². The van der Waals surface area contributed by atoms with Crippen LogP contribution >= 0.6 is 11.3 Å². The summed E-state index contributed by atoms with van der Waals surface area (Å²) in [6.07, 6.45) is 7.66. The molecule has 6 aromatic carbocycles. The summed E-state index contributed by atoms with van der Waals surface area (Å²) in [4.78, 5) is 15.6. The van der Waals surface area contributed by atoms with Gasteiger partial charge in [0.25, 0.3) is 0 Å². The fraction of sp³-hybridized carbons (Fsp3) is 0.0217. The van der Waals surface area contributed by atoms with Gasteiger partial charge in [0.2, 0.25) is 5.95 Å². The molecule has 10 rings (SSSR count). The van der Waals surface area contributed by atoms with Crippen molar-refractivity contribution >= 4 is 80.7 Å². The predicted octanol–water partition coefficient (Wildman–Crippen LogP) is 12.2. The Morgan fingerprint density at radius 1 is 0.596 bits per heavy atom. The number of aromatic nitrogens is 5. The number of hydrogen-bond acceptors (Lipinski definition) is 4. The molecule has 0 aliphatic heterocycles. The van der Waals surface area contributed by atoms with Crippen molar-refractivity contribution in [3.8, 4) is 23.0 Å². The highest BCUT2D eigenvalue weighted by molar-refractivity contribution is 7.27. The summed E-state index contributed by atoms with van der Waals surface area (Å²) in [5.74, 6) is 1.81. The van der Waals surface area contributed by atoms with Crippen molar-refractivity contribution < 1.29 is 0 Å². The monoisotopic (exact) mass is 685 g/mol. The molecule has 10 aromatic rings. The van der Waals surface area contributed by atoms with Gasteiger partial charge in [0.05, 0.1) is 22.1 Å². The Morgan fingerprint density at radius 2 is 1.21 bits per heavy atom. The zero-order chi connectivity index (χ0) is 34.8. The number of hydrogen-bond donors (Lipinski definition) is 0. The van der Waals surface area contributed by atoms with E-state index in [9.17, 15) is 0 Å². The molecule has 0 N–H and O–H groups in total. The van der Waals surface area contributed by atoms with E-state index in [1.807, 2.05) is 54.7 Å². The second kappa shape index (κ2) is 12.0. The van der Waals surface area contributed by atoms with Crippen molar-refractivity contribution in [1.82, 2.24) is 24.1 Å². The third kappa shape index (κ3) is 4.51. The molecule has 0 amide bonds. The van der Waals surface area contributed by atoms with Crippen molar-refractivity contribution in [1.29, 1.82) is 0 Å². The minimum atomic E-state index is 0.571. The van der Waals surface area contributed by atoms with Gasteiger partial charge in [-0.25, -0.2) is 4.98 Å². The molecule has 52 heavy (non-hydrogen) atoms. The van der Waals surface area contributed by atoms with Crippen LogP contribution in [0.25, 0.3) is 92.4 Å². The molecule has 5 nitrogen and oxygen atoms in total. The SMILES string of the molecule is C=C/C=C\C=C(/C)c1nc(-c2ccccc2)nc(-n2c3ccccc3c3c4sc5ccccc5c4c4c5ccccc5n(-c5ccccc5)c4c32)n1. The Morgan fingerprint density at radius 3 is 1.96 bits per heavy atom. The highest BCUT2D eigenvalue weighted by atomic mass is 32.1. The number of benzene rings is 6. The lowest BCUT2D eigenvalue weighted by Gasteiger charge is -2.13. The maximum Gasteiger partial charge on any atom is 0.238 e. The molecule has 0 unspecified atom stereocenters. The van der Waals surface area contributed by atoms with Gasteiger partial charge >= 0.3 is 0 Å². The standard InChI is InChI=1S/C46H31N5S/c1-3-4-7-18-29(2)44-47-45(30-19-8-5-9-20-30)49-46(48-44)51-36-27-16-13-24-33(36)40-42(51)41-38(39-34-25-14-17-28-37(34)52-43(39)40)32-23-12-15-26-35(32)50(41)31-21-10-6-11-22-31/h3-28H,1H2,2H3/b7-4-,29-18+. The maximum atomic E-state index is 5.28.